The Labute approximate surface area is 192 Å². The van der Waals surface area contributed by atoms with Gasteiger partial charge in [-0.15, -0.1) is 0 Å². The molecule has 0 aromatic heterocycles. The number of imide groups is 1. The fourth-order valence-electron chi connectivity index (χ4n) is 2.77. The maximum absolute atomic E-state index is 11.7. The predicted molar refractivity (Wildman–Crippen MR) is 121 cm³/mol. The molecule has 0 aliphatic carbocycles. The molecule has 1 N–H and O–H groups in total. The van der Waals surface area contributed by atoms with Crippen molar-refractivity contribution in [3.63, 3.8) is 0 Å². The van der Waals surface area contributed by atoms with Gasteiger partial charge in [-0.2, -0.15) is 0 Å². The van der Waals surface area contributed by atoms with E-state index in [0.29, 0.717) is 17.9 Å². The van der Waals surface area contributed by atoms with Crippen molar-refractivity contribution in [3.05, 3.63) is 53.3 Å². The Kier molecular flexibility index (Phi) is 10.3. The van der Waals surface area contributed by atoms with Crippen LogP contribution in [0.15, 0.2) is 47.7 Å². The number of rotatable bonds is 12. The van der Waals surface area contributed by atoms with Gasteiger partial charge in [0.05, 0.1) is 18.1 Å². The van der Waals surface area contributed by atoms with Gasteiger partial charge in [0.15, 0.2) is 6.79 Å². The summed E-state index contributed by atoms with van der Waals surface area (Å²) in [4.78, 5) is 34.4. The summed E-state index contributed by atoms with van der Waals surface area (Å²) >= 11 is 1.01. The second-order valence-electron chi connectivity index (χ2n) is 7.11. The number of esters is 1. The molecule has 1 aromatic rings. The summed E-state index contributed by atoms with van der Waals surface area (Å²) in [6.07, 6.45) is 3.93. The molecule has 2 unspecified atom stereocenters. The molecule has 9 heteroatoms. The first-order chi connectivity index (χ1) is 15.3. The Morgan fingerprint density at radius 2 is 2.00 bits per heavy atom. The zero-order valence-corrected chi connectivity index (χ0v) is 19.5. The van der Waals surface area contributed by atoms with E-state index in [1.807, 2.05) is 44.2 Å². The van der Waals surface area contributed by atoms with Crippen molar-refractivity contribution in [1.29, 1.82) is 0 Å². The summed E-state index contributed by atoms with van der Waals surface area (Å²) < 4.78 is 21.9. The van der Waals surface area contributed by atoms with Crippen molar-refractivity contribution in [2.24, 2.45) is 0 Å². The number of methoxy groups -OCH3 is 1. The number of carbonyl (C=O) groups is 3. The van der Waals surface area contributed by atoms with Crippen molar-refractivity contribution >= 4 is 28.9 Å². The van der Waals surface area contributed by atoms with Crippen LogP contribution in [-0.4, -0.2) is 42.9 Å². The smallest absolute Gasteiger partial charge is 0.307 e. The van der Waals surface area contributed by atoms with Gasteiger partial charge >= 0.3 is 5.97 Å². The Morgan fingerprint density at radius 3 is 2.66 bits per heavy atom. The monoisotopic (exact) mass is 463 g/mol. The van der Waals surface area contributed by atoms with Crippen LogP contribution in [0.2, 0.25) is 0 Å². The standard InChI is InChI=1S/C23H29NO7S/c1-5-21(25)31-14-30-19(17-7-6-8-18(12-17)28-4)13-29-16(3)10-9-15(2)11-20-22(26)24-23(27)32-20/h6-10,12,19-20H,5,11,13-14H2,1-4H3,(H,24,26,27)/b15-9+,16-10+. The number of carbonyl (C=O) groups excluding carboxylic acids is 3. The van der Waals surface area contributed by atoms with E-state index in [4.69, 9.17) is 18.9 Å². The normalized spacial score (nSPS) is 17.7. The summed E-state index contributed by atoms with van der Waals surface area (Å²) in [5.41, 5.74) is 1.77. The van der Waals surface area contributed by atoms with E-state index in [9.17, 15) is 14.4 Å². The van der Waals surface area contributed by atoms with Gasteiger partial charge < -0.3 is 18.9 Å². The first-order valence-corrected chi connectivity index (χ1v) is 11.1. The van der Waals surface area contributed by atoms with Crippen LogP contribution in [0.4, 0.5) is 4.79 Å². The van der Waals surface area contributed by atoms with E-state index in [0.717, 1.165) is 22.9 Å². The molecule has 1 aliphatic heterocycles. The largest absolute Gasteiger partial charge is 0.497 e. The Hall–Kier alpha value is -2.78. The molecule has 2 rings (SSSR count). The van der Waals surface area contributed by atoms with Gasteiger partial charge in [-0.3, -0.25) is 19.7 Å². The predicted octanol–water partition coefficient (Wildman–Crippen LogP) is 4.27. The molecule has 2 atom stereocenters. The average Bonchev–Trinajstić information content (AvgIpc) is 3.10. The van der Waals surface area contributed by atoms with Crippen LogP contribution in [0.5, 0.6) is 5.75 Å². The van der Waals surface area contributed by atoms with Crippen LogP contribution in [0, 0.1) is 0 Å². The highest BCUT2D eigenvalue weighted by Crippen LogP contribution is 2.26. The van der Waals surface area contributed by atoms with Gasteiger partial charge in [0.25, 0.3) is 5.24 Å². The lowest BCUT2D eigenvalue weighted by atomic mass is 10.1. The third-order valence-corrected chi connectivity index (χ3v) is 5.56. The number of benzene rings is 1. The highest BCUT2D eigenvalue weighted by Gasteiger charge is 2.31. The summed E-state index contributed by atoms with van der Waals surface area (Å²) in [6.45, 7) is 5.43. The minimum atomic E-state index is -0.479. The number of nitrogens with one attached hydrogen (secondary N) is 1. The summed E-state index contributed by atoms with van der Waals surface area (Å²) in [5.74, 6) is 0.723. The number of ether oxygens (including phenoxy) is 4. The molecule has 0 saturated carbocycles. The summed E-state index contributed by atoms with van der Waals surface area (Å²) in [6, 6.07) is 7.39. The lowest BCUT2D eigenvalue weighted by Crippen LogP contribution is -2.24. The van der Waals surface area contributed by atoms with Crippen molar-refractivity contribution in [3.8, 4) is 5.75 Å². The van der Waals surface area contributed by atoms with Crippen molar-refractivity contribution in [2.75, 3.05) is 20.5 Å². The van der Waals surface area contributed by atoms with Gasteiger partial charge in [0.2, 0.25) is 5.91 Å². The Morgan fingerprint density at radius 1 is 1.22 bits per heavy atom. The molecule has 0 radical (unpaired) electrons. The van der Waals surface area contributed by atoms with E-state index in [-0.39, 0.29) is 36.9 Å². The van der Waals surface area contributed by atoms with Gasteiger partial charge in [-0.25, -0.2) is 0 Å². The van der Waals surface area contributed by atoms with Gasteiger partial charge in [-0.1, -0.05) is 42.5 Å². The zero-order chi connectivity index (χ0) is 23.5. The van der Waals surface area contributed by atoms with Crippen LogP contribution < -0.4 is 10.1 Å². The fourth-order valence-corrected chi connectivity index (χ4v) is 3.70. The molecular weight excluding hydrogens is 434 g/mol. The quantitative estimate of drug-likeness (QED) is 0.212. The maximum atomic E-state index is 11.7. The molecule has 32 heavy (non-hydrogen) atoms. The van der Waals surface area contributed by atoms with E-state index in [1.165, 1.54) is 0 Å². The highest BCUT2D eigenvalue weighted by molar-refractivity contribution is 8.15. The van der Waals surface area contributed by atoms with Gasteiger partial charge in [-0.05, 0) is 44.0 Å². The third-order valence-electron chi connectivity index (χ3n) is 4.58. The minimum Gasteiger partial charge on any atom is -0.497 e. The number of hydrogen-bond donors (Lipinski definition) is 1. The molecule has 1 aliphatic rings. The van der Waals surface area contributed by atoms with Crippen LogP contribution in [-0.2, 0) is 23.8 Å². The van der Waals surface area contributed by atoms with Gasteiger partial charge in [0, 0.05) is 6.42 Å². The van der Waals surface area contributed by atoms with Crippen LogP contribution in [0.1, 0.15) is 45.3 Å². The van der Waals surface area contributed by atoms with Crippen LogP contribution >= 0.6 is 11.8 Å². The van der Waals surface area contributed by atoms with E-state index in [1.54, 1.807) is 20.1 Å². The fraction of sp³-hybridized carbons (Fsp3) is 0.435. The van der Waals surface area contributed by atoms with E-state index >= 15 is 0 Å². The molecule has 1 saturated heterocycles. The lowest BCUT2D eigenvalue weighted by Gasteiger charge is -2.19. The molecule has 2 amide bonds. The molecule has 0 bridgehead atoms. The topological polar surface area (TPSA) is 100 Å². The molecule has 1 aromatic carbocycles. The maximum Gasteiger partial charge on any atom is 0.307 e. The molecule has 1 heterocycles. The summed E-state index contributed by atoms with van der Waals surface area (Å²) in [7, 11) is 1.58. The second kappa shape index (κ2) is 12.9. The zero-order valence-electron chi connectivity index (χ0n) is 18.7. The van der Waals surface area contributed by atoms with Crippen LogP contribution in [0.3, 0.4) is 0 Å². The van der Waals surface area contributed by atoms with Crippen molar-refractivity contribution < 1.29 is 33.3 Å². The summed E-state index contributed by atoms with van der Waals surface area (Å²) in [5, 5.41) is 1.58. The SMILES string of the molecule is CCC(=O)OCOC(CO/C(C)=C/C=C(\C)CC1SC(=O)NC1=O)c1cccc(OC)c1. The van der Waals surface area contributed by atoms with Crippen molar-refractivity contribution in [1.82, 2.24) is 5.32 Å². The Bertz CT molecular complexity index is 881. The van der Waals surface area contributed by atoms with Crippen LogP contribution in [0.25, 0.3) is 0 Å². The number of allylic oxidation sites excluding steroid dienone is 4. The molecule has 8 nitrogen and oxygen atoms in total. The first-order valence-electron chi connectivity index (χ1n) is 10.2. The minimum absolute atomic E-state index is 0.181. The average molecular weight is 464 g/mol. The van der Waals surface area contributed by atoms with Crippen molar-refractivity contribution in [2.45, 2.75) is 45.0 Å². The molecular formula is C23H29NO7S. The number of hydrogen-bond acceptors (Lipinski definition) is 8. The molecule has 1 fully saturated rings. The Balaban J connectivity index is 1.97. The number of amides is 2. The first kappa shape index (κ1) is 25.5. The lowest BCUT2D eigenvalue weighted by molar-refractivity contribution is -0.163. The third kappa shape index (κ3) is 8.39. The van der Waals surface area contributed by atoms with Gasteiger partial charge in [0.1, 0.15) is 18.5 Å². The van der Waals surface area contributed by atoms with E-state index < -0.39 is 11.4 Å². The number of thioether (sulfide) groups is 1. The van der Waals surface area contributed by atoms with E-state index in [2.05, 4.69) is 5.32 Å². The highest BCUT2D eigenvalue weighted by atomic mass is 32.2. The molecule has 174 valence electrons. The molecule has 0 spiro atoms. The second-order valence-corrected chi connectivity index (χ2v) is 8.28.